The van der Waals surface area contributed by atoms with Gasteiger partial charge in [-0.15, -0.1) is 0 Å². The third-order valence-electron chi connectivity index (χ3n) is 2.50. The molecule has 0 spiro atoms. The lowest BCUT2D eigenvalue weighted by atomic mass is 10.1. The SMILES string of the molecule is CC.CCCCc1ccc(OC)c(OC)c1.COCOC. The molecule has 0 saturated carbocycles. The van der Waals surface area contributed by atoms with Gasteiger partial charge in [0.2, 0.25) is 0 Å². The van der Waals surface area contributed by atoms with Crippen LogP contribution in [0.1, 0.15) is 39.2 Å². The minimum absolute atomic E-state index is 0.389. The Morgan fingerprint density at radius 2 is 1.43 bits per heavy atom. The van der Waals surface area contributed by atoms with Gasteiger partial charge in [-0.3, -0.25) is 0 Å². The van der Waals surface area contributed by atoms with Gasteiger partial charge in [-0.1, -0.05) is 33.3 Å². The van der Waals surface area contributed by atoms with Gasteiger partial charge in [-0.05, 0) is 30.5 Å². The zero-order chi connectivity index (χ0) is 16.5. The lowest BCUT2D eigenvalue weighted by molar-refractivity contribution is -0.00271. The number of hydrogen-bond acceptors (Lipinski definition) is 4. The second-order valence-corrected chi connectivity index (χ2v) is 3.99. The minimum atomic E-state index is 0.389. The number of ether oxygens (including phenoxy) is 4. The molecule has 1 rings (SSSR count). The van der Waals surface area contributed by atoms with E-state index in [-0.39, 0.29) is 0 Å². The van der Waals surface area contributed by atoms with Crippen LogP contribution in [0.5, 0.6) is 11.5 Å². The monoisotopic (exact) mass is 300 g/mol. The molecule has 0 fully saturated rings. The molecule has 1 aromatic carbocycles. The second-order valence-electron chi connectivity index (χ2n) is 3.99. The minimum Gasteiger partial charge on any atom is -0.493 e. The van der Waals surface area contributed by atoms with Gasteiger partial charge < -0.3 is 18.9 Å². The van der Waals surface area contributed by atoms with Gasteiger partial charge in [0.1, 0.15) is 6.79 Å². The molecule has 21 heavy (non-hydrogen) atoms. The Kier molecular flexibility index (Phi) is 17.6. The number of rotatable bonds is 7. The Morgan fingerprint density at radius 1 is 0.857 bits per heavy atom. The summed E-state index contributed by atoms with van der Waals surface area (Å²) in [5, 5.41) is 0. The zero-order valence-electron chi connectivity index (χ0n) is 14.7. The smallest absolute Gasteiger partial charge is 0.160 e. The molecule has 0 heterocycles. The highest BCUT2D eigenvalue weighted by molar-refractivity contribution is 5.42. The maximum Gasteiger partial charge on any atom is 0.160 e. The van der Waals surface area contributed by atoms with Gasteiger partial charge in [-0.25, -0.2) is 0 Å². The average Bonchev–Trinajstić information content (AvgIpc) is 2.55. The first kappa shape index (κ1) is 22.0. The molecule has 124 valence electrons. The lowest BCUT2D eigenvalue weighted by Crippen LogP contribution is -1.92. The van der Waals surface area contributed by atoms with Crippen molar-refractivity contribution in [1.29, 1.82) is 0 Å². The standard InChI is InChI=1S/C12H18O2.C3H8O2.C2H6/c1-4-5-6-10-7-8-11(13-2)12(9-10)14-3;1-4-3-5-2;1-2/h7-9H,4-6H2,1-3H3;3H2,1-2H3;1-2H3. The van der Waals surface area contributed by atoms with E-state index < -0.39 is 0 Å². The molecular formula is C17H32O4. The Bertz CT molecular complexity index is 325. The number of methoxy groups -OCH3 is 4. The summed E-state index contributed by atoms with van der Waals surface area (Å²) in [6, 6.07) is 6.11. The van der Waals surface area contributed by atoms with Crippen molar-refractivity contribution in [3.8, 4) is 11.5 Å². The molecule has 0 aliphatic carbocycles. The van der Waals surface area contributed by atoms with Crippen LogP contribution in [0, 0.1) is 0 Å². The van der Waals surface area contributed by atoms with Gasteiger partial charge in [-0.2, -0.15) is 0 Å². The molecule has 0 N–H and O–H groups in total. The highest BCUT2D eigenvalue weighted by atomic mass is 16.6. The van der Waals surface area contributed by atoms with E-state index in [0.717, 1.165) is 17.9 Å². The summed E-state index contributed by atoms with van der Waals surface area (Å²) in [7, 11) is 6.50. The van der Waals surface area contributed by atoms with E-state index in [4.69, 9.17) is 9.47 Å². The average molecular weight is 300 g/mol. The van der Waals surface area contributed by atoms with E-state index in [9.17, 15) is 0 Å². The number of unbranched alkanes of at least 4 members (excludes halogenated alkanes) is 1. The zero-order valence-corrected chi connectivity index (χ0v) is 14.7. The highest BCUT2D eigenvalue weighted by Crippen LogP contribution is 2.27. The number of hydrogen-bond donors (Lipinski definition) is 0. The molecule has 1 aromatic rings. The molecule has 0 bridgehead atoms. The van der Waals surface area contributed by atoms with E-state index in [1.165, 1.54) is 18.4 Å². The molecule has 0 amide bonds. The van der Waals surface area contributed by atoms with Crippen LogP contribution in [0.15, 0.2) is 18.2 Å². The van der Waals surface area contributed by atoms with Crippen LogP contribution in [0.25, 0.3) is 0 Å². The molecule has 0 saturated heterocycles. The Labute approximate surface area is 130 Å². The topological polar surface area (TPSA) is 36.9 Å². The quantitative estimate of drug-likeness (QED) is 0.703. The van der Waals surface area contributed by atoms with Crippen molar-refractivity contribution in [3.05, 3.63) is 23.8 Å². The van der Waals surface area contributed by atoms with Crippen LogP contribution in [-0.4, -0.2) is 35.2 Å². The van der Waals surface area contributed by atoms with Crippen LogP contribution in [-0.2, 0) is 15.9 Å². The van der Waals surface area contributed by atoms with Gasteiger partial charge in [0, 0.05) is 14.2 Å². The van der Waals surface area contributed by atoms with Crippen LogP contribution >= 0.6 is 0 Å². The summed E-state index contributed by atoms with van der Waals surface area (Å²) in [5.74, 6) is 1.62. The summed E-state index contributed by atoms with van der Waals surface area (Å²) >= 11 is 0. The predicted octanol–water partition coefficient (Wildman–Crippen LogP) is 4.31. The molecule has 0 unspecified atom stereocenters. The molecule has 4 heteroatoms. The van der Waals surface area contributed by atoms with Crippen LogP contribution < -0.4 is 9.47 Å². The van der Waals surface area contributed by atoms with Crippen molar-refractivity contribution in [1.82, 2.24) is 0 Å². The van der Waals surface area contributed by atoms with E-state index >= 15 is 0 Å². The van der Waals surface area contributed by atoms with Crippen molar-refractivity contribution < 1.29 is 18.9 Å². The Morgan fingerprint density at radius 3 is 1.81 bits per heavy atom. The normalized spacial score (nSPS) is 8.90. The predicted molar refractivity (Wildman–Crippen MR) is 88.4 cm³/mol. The van der Waals surface area contributed by atoms with Crippen molar-refractivity contribution >= 4 is 0 Å². The molecule has 4 nitrogen and oxygen atoms in total. The van der Waals surface area contributed by atoms with Gasteiger partial charge >= 0.3 is 0 Å². The fourth-order valence-corrected chi connectivity index (χ4v) is 1.53. The summed E-state index contributed by atoms with van der Waals surface area (Å²) < 4.78 is 19.3. The first-order valence-electron chi connectivity index (χ1n) is 7.42. The molecular weight excluding hydrogens is 268 g/mol. The van der Waals surface area contributed by atoms with Crippen molar-refractivity contribution in [2.24, 2.45) is 0 Å². The summed E-state index contributed by atoms with van der Waals surface area (Å²) in [6.07, 6.45) is 3.54. The molecule has 0 atom stereocenters. The second kappa shape index (κ2) is 16.8. The molecule has 0 aliphatic rings. The third-order valence-corrected chi connectivity index (χ3v) is 2.50. The van der Waals surface area contributed by atoms with E-state index in [1.54, 1.807) is 28.4 Å². The maximum atomic E-state index is 5.23. The number of aryl methyl sites for hydroxylation is 1. The van der Waals surface area contributed by atoms with Gasteiger partial charge in [0.05, 0.1) is 14.2 Å². The summed E-state index contributed by atoms with van der Waals surface area (Å²) in [6.45, 7) is 6.58. The highest BCUT2D eigenvalue weighted by Gasteiger charge is 2.03. The van der Waals surface area contributed by atoms with E-state index in [2.05, 4.69) is 28.5 Å². The molecule has 0 aliphatic heterocycles. The fourth-order valence-electron chi connectivity index (χ4n) is 1.53. The summed E-state index contributed by atoms with van der Waals surface area (Å²) in [4.78, 5) is 0. The lowest BCUT2D eigenvalue weighted by Gasteiger charge is -2.09. The van der Waals surface area contributed by atoms with E-state index in [0.29, 0.717) is 6.79 Å². The third kappa shape index (κ3) is 11.1. The molecule has 0 radical (unpaired) electrons. The van der Waals surface area contributed by atoms with Gasteiger partial charge in [0.15, 0.2) is 11.5 Å². The van der Waals surface area contributed by atoms with Crippen LogP contribution in [0.2, 0.25) is 0 Å². The van der Waals surface area contributed by atoms with Crippen LogP contribution in [0.4, 0.5) is 0 Å². The van der Waals surface area contributed by atoms with Gasteiger partial charge in [0.25, 0.3) is 0 Å². The fraction of sp³-hybridized carbons (Fsp3) is 0.647. The van der Waals surface area contributed by atoms with Crippen molar-refractivity contribution in [3.63, 3.8) is 0 Å². The maximum absolute atomic E-state index is 5.23. The first-order valence-corrected chi connectivity index (χ1v) is 7.42. The van der Waals surface area contributed by atoms with Crippen molar-refractivity contribution in [2.75, 3.05) is 35.2 Å². The summed E-state index contributed by atoms with van der Waals surface area (Å²) in [5.41, 5.74) is 1.31. The first-order chi connectivity index (χ1) is 10.2. The Balaban J connectivity index is 0. The number of benzene rings is 1. The Hall–Kier alpha value is -1.26. The van der Waals surface area contributed by atoms with E-state index in [1.807, 2.05) is 19.9 Å². The van der Waals surface area contributed by atoms with Crippen molar-refractivity contribution in [2.45, 2.75) is 40.0 Å². The molecule has 0 aromatic heterocycles. The van der Waals surface area contributed by atoms with Crippen LogP contribution in [0.3, 0.4) is 0 Å². The largest absolute Gasteiger partial charge is 0.493 e.